The Labute approximate surface area is 91.0 Å². The molecule has 1 atom stereocenters. The minimum atomic E-state index is -0.633. The molecule has 0 amide bonds. The fraction of sp³-hybridized carbons (Fsp3) is 0.500. The maximum absolute atomic E-state index is 10.0. The molecule has 1 rings (SSSR count). The van der Waals surface area contributed by atoms with Crippen molar-refractivity contribution in [3.05, 3.63) is 28.8 Å². The molecule has 0 aliphatic carbocycles. The average molecular weight is 209 g/mol. The van der Waals surface area contributed by atoms with Gasteiger partial charge in [-0.1, -0.05) is 12.1 Å². The number of hydrogen-bond acceptors (Lipinski definition) is 3. The topological polar surface area (TPSA) is 43.7 Å². The first kappa shape index (κ1) is 12.0. The normalized spacial score (nSPS) is 13.2. The highest BCUT2D eigenvalue weighted by Crippen LogP contribution is 2.30. The van der Waals surface area contributed by atoms with Crippen LogP contribution in [-0.4, -0.2) is 29.2 Å². The Morgan fingerprint density at radius 3 is 2.40 bits per heavy atom. The molecule has 0 heterocycles. The quantitative estimate of drug-likeness (QED) is 0.798. The molecule has 3 heteroatoms. The van der Waals surface area contributed by atoms with Gasteiger partial charge in [-0.3, -0.25) is 0 Å². The summed E-state index contributed by atoms with van der Waals surface area (Å²) in [6.45, 7) is 4.30. The van der Waals surface area contributed by atoms with E-state index in [0.717, 1.165) is 11.1 Å². The van der Waals surface area contributed by atoms with E-state index in [2.05, 4.69) is 0 Å². The molecule has 0 radical (unpaired) electrons. The number of aryl methyl sites for hydroxylation is 1. The van der Waals surface area contributed by atoms with Crippen molar-refractivity contribution >= 4 is 0 Å². The van der Waals surface area contributed by atoms with Gasteiger partial charge in [-0.15, -0.1) is 0 Å². The third kappa shape index (κ3) is 2.70. The lowest BCUT2D eigenvalue weighted by Crippen LogP contribution is -2.12. The molecule has 0 aliphatic rings. The van der Waals surface area contributed by atoms with Gasteiger partial charge in [-0.2, -0.15) is 0 Å². The van der Waals surface area contributed by atoms with Crippen LogP contribution in [0.3, 0.4) is 0 Å². The maximum atomic E-state index is 10.0. The molecule has 2 N–H and O–H groups in total. The molecule has 0 saturated carbocycles. The molecule has 15 heavy (non-hydrogen) atoms. The van der Waals surface area contributed by atoms with Crippen LogP contribution in [0, 0.1) is 6.92 Å². The fourth-order valence-corrected chi connectivity index (χ4v) is 1.61. The van der Waals surface area contributed by atoms with Crippen LogP contribution in [0.2, 0.25) is 0 Å². The zero-order chi connectivity index (χ0) is 11.6. The third-order valence-electron chi connectivity index (χ3n) is 2.47. The van der Waals surface area contributed by atoms with Gasteiger partial charge in [-0.25, -0.2) is 0 Å². The number of phenols is 1. The standard InChI is InChI=1S/C12H19NO2/c1-8-5-6-10(9(2)14)12(15)11(8)7-13(3)4/h5-6,9,14-15H,7H2,1-4H3. The first-order valence-electron chi connectivity index (χ1n) is 5.07. The summed E-state index contributed by atoms with van der Waals surface area (Å²) in [7, 11) is 3.90. The SMILES string of the molecule is Cc1ccc(C(C)O)c(O)c1CN(C)C. The Hall–Kier alpha value is -1.06. The maximum Gasteiger partial charge on any atom is 0.126 e. The second kappa shape index (κ2) is 4.64. The summed E-state index contributed by atoms with van der Waals surface area (Å²) in [5.74, 6) is 0.221. The molecule has 0 fully saturated rings. The molecule has 1 aromatic carbocycles. The van der Waals surface area contributed by atoms with Gasteiger partial charge in [0.25, 0.3) is 0 Å². The van der Waals surface area contributed by atoms with E-state index in [0.29, 0.717) is 12.1 Å². The highest BCUT2D eigenvalue weighted by molar-refractivity contribution is 5.45. The number of aromatic hydroxyl groups is 1. The van der Waals surface area contributed by atoms with Crippen LogP contribution in [0.4, 0.5) is 0 Å². The number of benzene rings is 1. The second-order valence-corrected chi connectivity index (χ2v) is 4.21. The average Bonchev–Trinajstić information content (AvgIpc) is 2.11. The summed E-state index contributed by atoms with van der Waals surface area (Å²) in [6, 6.07) is 3.70. The van der Waals surface area contributed by atoms with E-state index in [-0.39, 0.29) is 5.75 Å². The summed E-state index contributed by atoms with van der Waals surface area (Å²) < 4.78 is 0. The Kier molecular flexibility index (Phi) is 3.72. The first-order chi connectivity index (χ1) is 6.93. The van der Waals surface area contributed by atoms with E-state index in [1.807, 2.05) is 32.0 Å². The number of nitrogens with zero attached hydrogens (tertiary/aromatic N) is 1. The highest BCUT2D eigenvalue weighted by Gasteiger charge is 2.13. The monoisotopic (exact) mass is 209 g/mol. The molecular formula is C12H19NO2. The predicted molar refractivity (Wildman–Crippen MR) is 60.9 cm³/mol. The summed E-state index contributed by atoms with van der Waals surface area (Å²) in [5.41, 5.74) is 2.53. The lowest BCUT2D eigenvalue weighted by Gasteiger charge is -2.17. The van der Waals surface area contributed by atoms with Crippen molar-refractivity contribution in [2.24, 2.45) is 0 Å². The van der Waals surface area contributed by atoms with Crippen molar-refractivity contribution in [3.8, 4) is 5.75 Å². The number of aliphatic hydroxyl groups is 1. The van der Waals surface area contributed by atoms with Gasteiger partial charge >= 0.3 is 0 Å². The molecule has 0 bridgehead atoms. The smallest absolute Gasteiger partial charge is 0.126 e. The summed E-state index contributed by atoms with van der Waals surface area (Å²) in [4.78, 5) is 1.99. The zero-order valence-corrected chi connectivity index (χ0v) is 9.78. The Morgan fingerprint density at radius 1 is 1.33 bits per heavy atom. The van der Waals surface area contributed by atoms with Crippen LogP contribution in [0.15, 0.2) is 12.1 Å². The van der Waals surface area contributed by atoms with E-state index in [1.54, 1.807) is 13.0 Å². The fourth-order valence-electron chi connectivity index (χ4n) is 1.61. The Balaban J connectivity index is 3.18. The number of hydrogen-bond donors (Lipinski definition) is 2. The van der Waals surface area contributed by atoms with Gasteiger partial charge in [0.15, 0.2) is 0 Å². The van der Waals surface area contributed by atoms with E-state index in [4.69, 9.17) is 0 Å². The lowest BCUT2D eigenvalue weighted by atomic mass is 10.00. The number of rotatable bonds is 3. The van der Waals surface area contributed by atoms with Crippen LogP contribution in [-0.2, 0) is 6.54 Å². The largest absolute Gasteiger partial charge is 0.507 e. The van der Waals surface area contributed by atoms with Crippen molar-refractivity contribution in [3.63, 3.8) is 0 Å². The van der Waals surface area contributed by atoms with Gasteiger partial charge in [-0.05, 0) is 33.5 Å². The number of phenolic OH excluding ortho intramolecular Hbond substituents is 1. The summed E-state index contributed by atoms with van der Waals surface area (Å²) >= 11 is 0. The molecule has 84 valence electrons. The molecule has 0 aliphatic heterocycles. The molecule has 0 saturated heterocycles. The highest BCUT2D eigenvalue weighted by atomic mass is 16.3. The molecule has 1 unspecified atom stereocenters. The first-order valence-corrected chi connectivity index (χ1v) is 5.07. The Bertz CT molecular complexity index is 346. The second-order valence-electron chi connectivity index (χ2n) is 4.21. The molecule has 3 nitrogen and oxygen atoms in total. The van der Waals surface area contributed by atoms with Crippen molar-refractivity contribution in [1.82, 2.24) is 4.90 Å². The van der Waals surface area contributed by atoms with Gasteiger partial charge < -0.3 is 15.1 Å². The minimum Gasteiger partial charge on any atom is -0.507 e. The van der Waals surface area contributed by atoms with Crippen LogP contribution in [0.5, 0.6) is 5.75 Å². The number of aliphatic hydroxyl groups excluding tert-OH is 1. The van der Waals surface area contributed by atoms with E-state index < -0.39 is 6.10 Å². The van der Waals surface area contributed by atoms with Crippen molar-refractivity contribution in [1.29, 1.82) is 0 Å². The van der Waals surface area contributed by atoms with Gasteiger partial charge in [0.2, 0.25) is 0 Å². The van der Waals surface area contributed by atoms with E-state index in [9.17, 15) is 10.2 Å². The van der Waals surface area contributed by atoms with E-state index >= 15 is 0 Å². The predicted octanol–water partition coefficient (Wildman–Crippen LogP) is 1.82. The third-order valence-corrected chi connectivity index (χ3v) is 2.47. The van der Waals surface area contributed by atoms with E-state index in [1.165, 1.54) is 0 Å². The zero-order valence-electron chi connectivity index (χ0n) is 9.78. The van der Waals surface area contributed by atoms with Crippen LogP contribution >= 0.6 is 0 Å². The summed E-state index contributed by atoms with van der Waals surface area (Å²) in [6.07, 6.45) is -0.633. The van der Waals surface area contributed by atoms with Crippen molar-refractivity contribution in [2.75, 3.05) is 14.1 Å². The van der Waals surface area contributed by atoms with Crippen LogP contribution < -0.4 is 0 Å². The molecular weight excluding hydrogens is 190 g/mol. The van der Waals surface area contributed by atoms with Crippen molar-refractivity contribution in [2.45, 2.75) is 26.5 Å². The van der Waals surface area contributed by atoms with Crippen molar-refractivity contribution < 1.29 is 10.2 Å². The van der Waals surface area contributed by atoms with Gasteiger partial charge in [0, 0.05) is 17.7 Å². The lowest BCUT2D eigenvalue weighted by molar-refractivity contribution is 0.194. The summed E-state index contributed by atoms with van der Waals surface area (Å²) in [5, 5.41) is 19.5. The van der Waals surface area contributed by atoms with Crippen LogP contribution in [0.1, 0.15) is 29.7 Å². The molecule has 0 spiro atoms. The van der Waals surface area contributed by atoms with Gasteiger partial charge in [0.05, 0.1) is 6.10 Å². The molecule has 1 aromatic rings. The van der Waals surface area contributed by atoms with Gasteiger partial charge in [0.1, 0.15) is 5.75 Å². The minimum absolute atomic E-state index is 0.221. The Morgan fingerprint density at radius 2 is 1.93 bits per heavy atom. The van der Waals surface area contributed by atoms with Crippen LogP contribution in [0.25, 0.3) is 0 Å². The molecule has 0 aromatic heterocycles.